The summed E-state index contributed by atoms with van der Waals surface area (Å²) < 4.78 is 9.73. The second-order valence-corrected chi connectivity index (χ2v) is 5.84. The molecule has 6 nitrogen and oxygen atoms in total. The Morgan fingerprint density at radius 1 is 1.12 bits per heavy atom. The van der Waals surface area contributed by atoms with Crippen LogP contribution in [-0.2, 0) is 19.1 Å². The third-order valence-corrected chi connectivity index (χ3v) is 4.72. The summed E-state index contributed by atoms with van der Waals surface area (Å²) >= 11 is 0. The monoisotopic (exact) mass is 330 g/mol. The van der Waals surface area contributed by atoms with E-state index in [1.807, 2.05) is 12.1 Å². The van der Waals surface area contributed by atoms with Gasteiger partial charge in [-0.2, -0.15) is 0 Å². The first-order valence-electron chi connectivity index (χ1n) is 7.50. The van der Waals surface area contributed by atoms with E-state index < -0.39 is 35.5 Å². The van der Waals surface area contributed by atoms with Crippen LogP contribution in [0.1, 0.15) is 11.1 Å². The van der Waals surface area contributed by atoms with Crippen molar-refractivity contribution in [1.29, 1.82) is 0 Å². The molecule has 2 aliphatic rings. The van der Waals surface area contributed by atoms with E-state index in [1.165, 1.54) is 20.3 Å². The largest absolute Gasteiger partial charge is 0.469 e. The van der Waals surface area contributed by atoms with E-state index in [2.05, 4.69) is 0 Å². The molecule has 0 aromatic heterocycles. The molecule has 0 aliphatic heterocycles. The first kappa shape index (κ1) is 16.4. The maximum atomic E-state index is 12.7. The number of esters is 2. The number of benzene rings is 1. The van der Waals surface area contributed by atoms with Gasteiger partial charge >= 0.3 is 11.9 Å². The summed E-state index contributed by atoms with van der Waals surface area (Å²) in [6, 6.07) is 7.30. The minimum atomic E-state index is -1.55. The van der Waals surface area contributed by atoms with Gasteiger partial charge in [0.15, 0.2) is 0 Å². The quantitative estimate of drug-likeness (QED) is 0.779. The fourth-order valence-corrected chi connectivity index (χ4v) is 3.58. The number of hydrogen-bond acceptors (Lipinski definition) is 6. The molecule has 0 unspecified atom stereocenters. The van der Waals surface area contributed by atoms with Crippen LogP contribution in [0.2, 0.25) is 0 Å². The zero-order valence-electron chi connectivity index (χ0n) is 13.3. The van der Waals surface area contributed by atoms with Gasteiger partial charge in [0.25, 0.3) is 0 Å². The highest BCUT2D eigenvalue weighted by atomic mass is 16.5. The number of ether oxygens (including phenoxy) is 2. The predicted molar refractivity (Wildman–Crippen MR) is 85.4 cm³/mol. The second-order valence-electron chi connectivity index (χ2n) is 5.84. The van der Waals surface area contributed by atoms with E-state index in [9.17, 15) is 19.8 Å². The van der Waals surface area contributed by atoms with Crippen molar-refractivity contribution < 1.29 is 29.3 Å². The smallest absolute Gasteiger partial charge is 0.321 e. The van der Waals surface area contributed by atoms with Gasteiger partial charge in [-0.25, -0.2) is 0 Å². The van der Waals surface area contributed by atoms with E-state index in [0.717, 1.165) is 5.56 Å². The zero-order chi connectivity index (χ0) is 17.5. The minimum Gasteiger partial charge on any atom is -0.469 e. The Balaban J connectivity index is 2.32. The van der Waals surface area contributed by atoms with E-state index in [1.54, 1.807) is 24.3 Å². The van der Waals surface area contributed by atoms with Crippen molar-refractivity contribution in [2.45, 2.75) is 12.2 Å². The van der Waals surface area contributed by atoms with Crippen LogP contribution in [0.25, 0.3) is 11.6 Å². The number of aliphatic hydroxyl groups is 2. The highest BCUT2D eigenvalue weighted by Crippen LogP contribution is 2.53. The zero-order valence-corrected chi connectivity index (χ0v) is 13.3. The van der Waals surface area contributed by atoms with Crippen LogP contribution in [0.5, 0.6) is 0 Å². The molecule has 0 heterocycles. The Kier molecular flexibility index (Phi) is 4.03. The molecule has 1 aromatic rings. The van der Waals surface area contributed by atoms with Crippen LogP contribution in [0.15, 0.2) is 36.4 Å². The fraction of sp³-hybridized carbons (Fsp3) is 0.333. The molecular weight excluding hydrogens is 312 g/mol. The van der Waals surface area contributed by atoms with Gasteiger partial charge in [-0.3, -0.25) is 9.59 Å². The molecule has 0 fully saturated rings. The Bertz CT molecular complexity index is 750. The third-order valence-electron chi connectivity index (χ3n) is 4.72. The maximum Gasteiger partial charge on any atom is 0.321 e. The van der Waals surface area contributed by atoms with Crippen molar-refractivity contribution in [3.05, 3.63) is 47.5 Å². The van der Waals surface area contributed by atoms with E-state index in [0.29, 0.717) is 11.1 Å². The normalized spacial score (nSPS) is 30.7. The molecule has 2 aliphatic carbocycles. The van der Waals surface area contributed by atoms with Gasteiger partial charge in [-0.05, 0) is 22.8 Å². The minimum absolute atomic E-state index is 0.431. The molecule has 4 atom stereocenters. The van der Waals surface area contributed by atoms with Gasteiger partial charge in [-0.15, -0.1) is 0 Å². The highest BCUT2D eigenvalue weighted by molar-refractivity contribution is 6.04. The summed E-state index contributed by atoms with van der Waals surface area (Å²) in [6.07, 6.45) is 1.87. The van der Waals surface area contributed by atoms with E-state index in [-0.39, 0.29) is 0 Å². The van der Waals surface area contributed by atoms with Crippen LogP contribution in [0.4, 0.5) is 0 Å². The Labute approximate surface area is 139 Å². The lowest BCUT2D eigenvalue weighted by Gasteiger charge is -2.45. The van der Waals surface area contributed by atoms with E-state index >= 15 is 0 Å². The molecular formula is C18H18O6. The summed E-state index contributed by atoms with van der Waals surface area (Å²) in [7, 11) is 2.39. The lowest BCUT2D eigenvalue weighted by molar-refractivity contribution is -0.168. The van der Waals surface area contributed by atoms with Crippen LogP contribution in [0, 0.1) is 11.3 Å². The number of hydrogen-bond donors (Lipinski definition) is 2. The molecule has 0 saturated carbocycles. The van der Waals surface area contributed by atoms with Crippen molar-refractivity contribution >= 4 is 23.6 Å². The predicted octanol–water partition coefficient (Wildman–Crippen LogP) is 0.781. The molecule has 126 valence electrons. The average Bonchev–Trinajstić information content (AvgIpc) is 2.61. The number of carbonyl (C=O) groups excluding carboxylic acids is 2. The Morgan fingerprint density at radius 3 is 2.50 bits per heavy atom. The lowest BCUT2D eigenvalue weighted by atomic mass is 9.59. The number of aliphatic hydroxyl groups excluding tert-OH is 2. The lowest BCUT2D eigenvalue weighted by Crippen LogP contribution is -2.55. The van der Waals surface area contributed by atoms with Crippen LogP contribution >= 0.6 is 0 Å². The number of methoxy groups -OCH3 is 2. The van der Waals surface area contributed by atoms with Crippen LogP contribution in [-0.4, -0.2) is 48.6 Å². The van der Waals surface area contributed by atoms with Gasteiger partial charge in [0.2, 0.25) is 0 Å². The third kappa shape index (κ3) is 2.11. The van der Waals surface area contributed by atoms with Gasteiger partial charge in [0.05, 0.1) is 26.4 Å². The number of fused-ring (bicyclic) bond motifs is 3. The van der Waals surface area contributed by atoms with E-state index in [4.69, 9.17) is 9.47 Å². The molecule has 24 heavy (non-hydrogen) atoms. The molecule has 0 radical (unpaired) electrons. The van der Waals surface area contributed by atoms with Crippen LogP contribution < -0.4 is 0 Å². The molecule has 1 aromatic carbocycles. The second kappa shape index (κ2) is 5.89. The fourth-order valence-electron chi connectivity index (χ4n) is 3.58. The summed E-state index contributed by atoms with van der Waals surface area (Å²) in [4.78, 5) is 25.1. The standard InChI is InChI=1S/C18H18O6/c1-23-16(21)14-15(20)13(19)9-12-11-6-4-3-5-10(11)7-8-18(12,14)17(22)24-2/h3-9,13-15,19-20H,1-2H3/t13-,14+,15+,18+/m1/s1. The van der Waals surface area contributed by atoms with Crippen molar-refractivity contribution in [3.8, 4) is 0 Å². The van der Waals surface area contributed by atoms with Gasteiger partial charge in [-0.1, -0.05) is 36.4 Å². The topological polar surface area (TPSA) is 93.1 Å². The first-order valence-corrected chi connectivity index (χ1v) is 7.50. The van der Waals surface area contributed by atoms with Crippen molar-refractivity contribution in [2.24, 2.45) is 11.3 Å². The Hall–Kier alpha value is -2.44. The highest BCUT2D eigenvalue weighted by Gasteiger charge is 2.59. The van der Waals surface area contributed by atoms with Gasteiger partial charge in [0.1, 0.15) is 11.3 Å². The van der Waals surface area contributed by atoms with Crippen molar-refractivity contribution in [3.63, 3.8) is 0 Å². The molecule has 3 rings (SSSR count). The SMILES string of the molecule is COC(=O)[C@@H]1[C@@H](O)[C@H](O)C=C2c3ccccc3C=C[C@]21C(=O)OC. The molecule has 0 amide bonds. The molecule has 0 saturated heterocycles. The average molecular weight is 330 g/mol. The van der Waals surface area contributed by atoms with Gasteiger partial charge in [0, 0.05) is 0 Å². The van der Waals surface area contributed by atoms with Crippen molar-refractivity contribution in [2.75, 3.05) is 14.2 Å². The maximum absolute atomic E-state index is 12.7. The van der Waals surface area contributed by atoms with Gasteiger partial charge < -0.3 is 19.7 Å². The van der Waals surface area contributed by atoms with Crippen molar-refractivity contribution in [1.82, 2.24) is 0 Å². The molecule has 0 bridgehead atoms. The molecule has 2 N–H and O–H groups in total. The first-order chi connectivity index (χ1) is 11.5. The van der Waals surface area contributed by atoms with Crippen LogP contribution in [0.3, 0.4) is 0 Å². The number of carbonyl (C=O) groups is 2. The Morgan fingerprint density at radius 2 is 1.83 bits per heavy atom. The summed E-state index contributed by atoms with van der Waals surface area (Å²) in [6.45, 7) is 0. The summed E-state index contributed by atoms with van der Waals surface area (Å²) in [5, 5.41) is 20.6. The summed E-state index contributed by atoms with van der Waals surface area (Å²) in [5.41, 5.74) is 0.427. The molecule has 6 heteroatoms. The number of rotatable bonds is 2. The summed E-state index contributed by atoms with van der Waals surface area (Å²) in [5.74, 6) is -2.79. The molecule has 0 spiro atoms.